The van der Waals surface area contributed by atoms with Crippen molar-refractivity contribution in [3.05, 3.63) is 35.4 Å². The number of anilines is 1. The number of piperidine rings is 2. The molecule has 3 heterocycles. The number of carbonyl (C=O) groups excluding carboxylic acids is 1. The van der Waals surface area contributed by atoms with Gasteiger partial charge >= 0.3 is 5.97 Å². The summed E-state index contributed by atoms with van der Waals surface area (Å²) in [5, 5.41) is 0. The van der Waals surface area contributed by atoms with Gasteiger partial charge in [-0.25, -0.2) is 0 Å². The van der Waals surface area contributed by atoms with Crippen LogP contribution in [0.5, 0.6) is 5.75 Å². The zero-order valence-electron chi connectivity index (χ0n) is 16.6. The van der Waals surface area contributed by atoms with Crippen LogP contribution in [0.1, 0.15) is 25.3 Å². The highest BCUT2D eigenvalue weighted by atomic mass is 16.5. The Morgan fingerprint density at radius 1 is 1.33 bits per heavy atom. The Hall–Kier alpha value is -2.01. The van der Waals surface area contributed by atoms with Gasteiger partial charge in [0.05, 0.1) is 26.2 Å². The Labute approximate surface area is 160 Å². The average Bonchev–Trinajstić information content (AvgIpc) is 2.96. The maximum absolute atomic E-state index is 13.2. The summed E-state index contributed by atoms with van der Waals surface area (Å²) < 4.78 is 11.0. The van der Waals surface area contributed by atoms with E-state index in [1.807, 2.05) is 6.07 Å². The number of likely N-dealkylation sites (N-methyl/N-ethyl adjacent to an activating group) is 1. The molecule has 0 aromatic heterocycles. The highest BCUT2D eigenvalue weighted by Gasteiger charge is 2.68. The Morgan fingerprint density at radius 2 is 2.15 bits per heavy atom. The van der Waals surface area contributed by atoms with Crippen LogP contribution in [0.3, 0.4) is 0 Å². The third-order valence-electron chi connectivity index (χ3n) is 7.82. The van der Waals surface area contributed by atoms with Crippen molar-refractivity contribution in [2.24, 2.45) is 11.8 Å². The van der Waals surface area contributed by atoms with E-state index >= 15 is 0 Å². The third-order valence-corrected chi connectivity index (χ3v) is 7.82. The Morgan fingerprint density at radius 3 is 2.85 bits per heavy atom. The topological polar surface area (TPSA) is 42.0 Å². The number of fused-ring (bicyclic) bond motifs is 2. The molecular weight excluding hydrogens is 340 g/mol. The van der Waals surface area contributed by atoms with Crippen molar-refractivity contribution >= 4 is 11.7 Å². The van der Waals surface area contributed by atoms with Crippen molar-refractivity contribution in [2.75, 3.05) is 39.3 Å². The predicted octanol–water partition coefficient (Wildman–Crippen LogP) is 2.59. The lowest BCUT2D eigenvalue weighted by Gasteiger charge is -2.63. The lowest BCUT2D eigenvalue weighted by molar-refractivity contribution is -0.158. The molecule has 1 saturated carbocycles. The molecule has 1 aromatic rings. The number of nitrogens with zero attached hydrogens (tertiary/aromatic N) is 2. The summed E-state index contributed by atoms with van der Waals surface area (Å²) in [4.78, 5) is 18.3. The first-order valence-corrected chi connectivity index (χ1v) is 9.95. The van der Waals surface area contributed by atoms with Gasteiger partial charge in [0.1, 0.15) is 5.75 Å². The van der Waals surface area contributed by atoms with Crippen LogP contribution in [0.15, 0.2) is 29.8 Å². The van der Waals surface area contributed by atoms with Crippen molar-refractivity contribution in [1.29, 1.82) is 0 Å². The second-order valence-electron chi connectivity index (χ2n) is 8.47. The summed E-state index contributed by atoms with van der Waals surface area (Å²) in [5.74, 6) is 0.950. The number of hydrogen-bond acceptors (Lipinski definition) is 5. The quantitative estimate of drug-likeness (QED) is 0.593. The highest BCUT2D eigenvalue weighted by Crippen LogP contribution is 2.63. The number of esters is 1. The molecule has 5 rings (SSSR count). The third kappa shape index (κ3) is 1.96. The Balaban J connectivity index is 1.78. The fourth-order valence-electron chi connectivity index (χ4n) is 6.82. The van der Waals surface area contributed by atoms with Gasteiger partial charge in [0.15, 0.2) is 0 Å². The lowest BCUT2D eigenvalue weighted by atomic mass is 9.50. The standard InChI is InChI=1S/C22H28N2O3/c1-5-13-12-24-9-8-22-16-10-14(26-3)6-7-17(16)23(2)20(22)18(24)11-15(13)19(22)21(25)27-4/h5-7,10,15,18-20H,8-9,11-12H2,1-4H3/t15-,18-,19-,20-,22-/m0/s1. The molecule has 3 fully saturated rings. The van der Waals surface area contributed by atoms with E-state index in [0.29, 0.717) is 12.1 Å². The van der Waals surface area contributed by atoms with Crippen LogP contribution in [0.4, 0.5) is 5.69 Å². The average molecular weight is 368 g/mol. The lowest BCUT2D eigenvalue weighted by Crippen LogP contribution is -2.72. The zero-order chi connectivity index (χ0) is 18.9. The number of methoxy groups -OCH3 is 2. The molecule has 0 spiro atoms. The second-order valence-corrected chi connectivity index (χ2v) is 8.47. The van der Waals surface area contributed by atoms with Gasteiger partial charge in [-0.3, -0.25) is 9.69 Å². The summed E-state index contributed by atoms with van der Waals surface area (Å²) in [6, 6.07) is 7.17. The Kier molecular flexibility index (Phi) is 3.64. The molecule has 3 aliphatic heterocycles. The van der Waals surface area contributed by atoms with Crippen molar-refractivity contribution < 1.29 is 14.3 Å². The van der Waals surface area contributed by atoms with E-state index < -0.39 is 0 Å². The van der Waals surface area contributed by atoms with Crippen LogP contribution in [0, 0.1) is 11.8 Å². The number of allylic oxidation sites excluding steroid dienone is 1. The first-order chi connectivity index (χ1) is 13.1. The van der Waals surface area contributed by atoms with Crippen molar-refractivity contribution in [1.82, 2.24) is 4.90 Å². The van der Waals surface area contributed by atoms with Gasteiger partial charge in [-0.05, 0) is 56.0 Å². The molecule has 2 saturated heterocycles. The van der Waals surface area contributed by atoms with Gasteiger partial charge in [-0.15, -0.1) is 0 Å². The molecule has 3 bridgehead atoms. The molecule has 1 aromatic carbocycles. The smallest absolute Gasteiger partial charge is 0.310 e. The van der Waals surface area contributed by atoms with E-state index in [9.17, 15) is 4.79 Å². The first kappa shape index (κ1) is 17.1. The largest absolute Gasteiger partial charge is 0.497 e. The zero-order valence-corrected chi connectivity index (χ0v) is 16.6. The van der Waals surface area contributed by atoms with Gasteiger partial charge in [-0.1, -0.05) is 11.6 Å². The van der Waals surface area contributed by atoms with E-state index in [-0.39, 0.29) is 23.2 Å². The van der Waals surface area contributed by atoms with Crippen LogP contribution >= 0.6 is 0 Å². The minimum atomic E-state index is -0.204. The maximum Gasteiger partial charge on any atom is 0.310 e. The van der Waals surface area contributed by atoms with Gasteiger partial charge in [0.2, 0.25) is 0 Å². The Bertz CT molecular complexity index is 835. The fourth-order valence-corrected chi connectivity index (χ4v) is 6.82. The number of rotatable bonds is 2. The van der Waals surface area contributed by atoms with Crippen molar-refractivity contribution in [3.8, 4) is 5.75 Å². The molecule has 1 aliphatic carbocycles. The minimum absolute atomic E-state index is 0.0535. The minimum Gasteiger partial charge on any atom is -0.497 e. The van der Waals surface area contributed by atoms with Crippen LogP contribution in [0.25, 0.3) is 0 Å². The molecule has 5 heteroatoms. The molecule has 144 valence electrons. The summed E-state index contributed by atoms with van der Waals surface area (Å²) in [5.41, 5.74) is 3.71. The normalized spacial score (nSPS) is 37.9. The molecule has 0 radical (unpaired) electrons. The number of ether oxygens (including phenoxy) is 2. The summed E-state index contributed by atoms with van der Waals surface area (Å²) in [7, 11) is 5.45. The first-order valence-electron chi connectivity index (χ1n) is 9.95. The van der Waals surface area contributed by atoms with Gasteiger partial charge < -0.3 is 14.4 Å². The highest BCUT2D eigenvalue weighted by molar-refractivity contribution is 5.80. The van der Waals surface area contributed by atoms with Gasteiger partial charge in [0, 0.05) is 30.7 Å². The fraction of sp³-hybridized carbons (Fsp3) is 0.591. The van der Waals surface area contributed by atoms with E-state index in [0.717, 1.165) is 31.7 Å². The van der Waals surface area contributed by atoms with Crippen LogP contribution in [0.2, 0.25) is 0 Å². The van der Waals surface area contributed by atoms with E-state index in [1.165, 1.54) is 16.8 Å². The second kappa shape index (κ2) is 5.74. The number of benzene rings is 1. The van der Waals surface area contributed by atoms with Gasteiger partial charge in [0.25, 0.3) is 0 Å². The maximum atomic E-state index is 13.2. The van der Waals surface area contributed by atoms with E-state index in [1.54, 1.807) is 14.2 Å². The van der Waals surface area contributed by atoms with E-state index in [4.69, 9.17) is 9.47 Å². The molecule has 0 amide bonds. The van der Waals surface area contributed by atoms with Gasteiger partial charge in [-0.2, -0.15) is 0 Å². The SMILES string of the molecule is CC=C1CN2CC[C@@]34c5cc(OC)ccc5N(C)[C@H]3[C@@H]2C[C@@H]1[C@H]4C(=O)OC. The van der Waals surface area contributed by atoms with Crippen LogP contribution < -0.4 is 9.64 Å². The van der Waals surface area contributed by atoms with Crippen LogP contribution in [-0.4, -0.2) is 57.3 Å². The molecule has 0 unspecified atom stereocenters. The van der Waals surface area contributed by atoms with Crippen molar-refractivity contribution in [3.63, 3.8) is 0 Å². The predicted molar refractivity (Wildman–Crippen MR) is 104 cm³/mol. The molecule has 27 heavy (non-hydrogen) atoms. The summed E-state index contributed by atoms with van der Waals surface area (Å²) >= 11 is 0. The molecule has 5 nitrogen and oxygen atoms in total. The van der Waals surface area contributed by atoms with Crippen LogP contribution in [-0.2, 0) is 14.9 Å². The molecule has 0 N–H and O–H groups in total. The summed E-state index contributed by atoms with van der Waals surface area (Å²) in [6.45, 7) is 4.13. The van der Waals surface area contributed by atoms with Crippen molar-refractivity contribution in [2.45, 2.75) is 37.3 Å². The molecule has 5 atom stereocenters. The number of hydrogen-bond donors (Lipinski definition) is 0. The molecule has 4 aliphatic rings. The summed E-state index contributed by atoms with van der Waals surface area (Å²) in [6.07, 6.45) is 4.27. The molecular formula is C22H28N2O3. The van der Waals surface area contributed by atoms with E-state index in [2.05, 4.69) is 42.0 Å². The monoisotopic (exact) mass is 368 g/mol. The number of carbonyl (C=O) groups is 1.